The summed E-state index contributed by atoms with van der Waals surface area (Å²) in [6.45, 7) is -3.10. The van der Waals surface area contributed by atoms with Crippen molar-refractivity contribution in [1.29, 1.82) is 0 Å². The van der Waals surface area contributed by atoms with E-state index in [1.54, 1.807) is 6.07 Å². The van der Waals surface area contributed by atoms with Crippen LogP contribution in [0.1, 0.15) is 5.56 Å². The smallest absolute Gasteiger partial charge is 0.387 e. The van der Waals surface area contributed by atoms with Crippen molar-refractivity contribution in [3.8, 4) is 22.8 Å². The monoisotopic (exact) mass is 353 g/mol. The van der Waals surface area contributed by atoms with E-state index in [1.165, 1.54) is 25.4 Å². The first-order valence-corrected chi connectivity index (χ1v) is 6.42. The van der Waals surface area contributed by atoms with Crippen molar-refractivity contribution in [3.05, 3.63) is 41.8 Å². The Morgan fingerprint density at radius 2 is 1.95 bits per heavy atom. The summed E-state index contributed by atoms with van der Waals surface area (Å²) in [7, 11) is 1.46. The van der Waals surface area contributed by atoms with Crippen LogP contribution in [0.5, 0.6) is 11.6 Å². The van der Waals surface area contributed by atoms with Gasteiger partial charge in [-0.1, -0.05) is 6.07 Å². The van der Waals surface area contributed by atoms with E-state index < -0.39 is 18.2 Å². The molecule has 0 saturated carbocycles. The lowest BCUT2D eigenvalue weighted by molar-refractivity contribution is -0.0521. The molecule has 8 heteroatoms. The summed E-state index contributed by atoms with van der Waals surface area (Å²) in [4.78, 5) is 4.07. The van der Waals surface area contributed by atoms with Crippen LogP contribution in [0, 0.1) is 5.82 Å². The van der Waals surface area contributed by atoms with Gasteiger partial charge in [0, 0.05) is 17.3 Å². The topological polar surface area (TPSA) is 31.4 Å². The summed E-state index contributed by atoms with van der Waals surface area (Å²) in [6, 6.07) is 5.37. The van der Waals surface area contributed by atoms with Gasteiger partial charge in [0.05, 0.1) is 13.0 Å². The molecule has 0 spiro atoms. The Morgan fingerprint density at radius 3 is 2.55 bits per heavy atom. The average Bonchev–Trinajstić information content (AvgIpc) is 2.48. The van der Waals surface area contributed by atoms with Crippen molar-refractivity contribution in [2.24, 2.45) is 0 Å². The number of hydrogen-bond acceptors (Lipinski definition) is 3. The van der Waals surface area contributed by atoms with Gasteiger partial charge in [0.25, 0.3) is 0 Å². The molecule has 0 aliphatic carbocycles. The Kier molecular flexibility index (Phi) is 6.77. The number of halogens is 5. The van der Waals surface area contributed by atoms with E-state index in [4.69, 9.17) is 16.3 Å². The van der Waals surface area contributed by atoms with Crippen LogP contribution >= 0.6 is 24.0 Å². The van der Waals surface area contributed by atoms with E-state index >= 15 is 0 Å². The summed E-state index contributed by atoms with van der Waals surface area (Å²) < 4.78 is 47.0. The van der Waals surface area contributed by atoms with Crippen LogP contribution in [0.2, 0.25) is 0 Å². The quantitative estimate of drug-likeness (QED) is 0.732. The number of hydrogen-bond donors (Lipinski definition) is 0. The van der Waals surface area contributed by atoms with Gasteiger partial charge in [0.2, 0.25) is 5.88 Å². The fraction of sp³-hybridized carbons (Fsp3) is 0.214. The number of ether oxygens (including phenoxy) is 2. The van der Waals surface area contributed by atoms with E-state index in [2.05, 4.69) is 9.72 Å². The van der Waals surface area contributed by atoms with E-state index in [0.717, 1.165) is 6.07 Å². The molecule has 0 N–H and O–H groups in total. The highest BCUT2D eigenvalue weighted by atomic mass is 35.5. The van der Waals surface area contributed by atoms with Crippen LogP contribution in [-0.2, 0) is 5.88 Å². The fourth-order valence-electron chi connectivity index (χ4n) is 1.80. The number of rotatable bonds is 5. The zero-order chi connectivity index (χ0) is 15.4. The predicted molar refractivity (Wildman–Crippen MR) is 79.6 cm³/mol. The van der Waals surface area contributed by atoms with Crippen molar-refractivity contribution in [3.63, 3.8) is 0 Å². The SMILES string of the molecule is COc1ncc(-c2ccc(F)c(OC(F)F)c2)cc1CCl.Cl. The number of alkyl halides is 3. The Bertz CT molecular complexity index is 641. The highest BCUT2D eigenvalue weighted by Crippen LogP contribution is 2.30. The van der Waals surface area contributed by atoms with Crippen LogP contribution in [0.4, 0.5) is 13.2 Å². The second-order valence-electron chi connectivity index (χ2n) is 4.05. The number of methoxy groups -OCH3 is 1. The summed E-state index contributed by atoms with van der Waals surface area (Å²) in [6.07, 6.45) is 1.48. The standard InChI is InChI=1S/C14H11ClF3NO2.ClH/c1-20-13-9(6-15)4-10(7-19-13)8-2-3-11(16)12(5-8)21-14(17)18;/h2-5,7,14H,6H2,1H3;1H. The predicted octanol–water partition coefficient (Wildman–Crippen LogP) is 4.66. The lowest BCUT2D eigenvalue weighted by atomic mass is 10.1. The van der Waals surface area contributed by atoms with Crippen LogP contribution in [0.3, 0.4) is 0 Å². The molecule has 1 heterocycles. The summed E-state index contributed by atoms with van der Waals surface area (Å²) in [5, 5.41) is 0. The molecule has 0 aliphatic heterocycles. The Balaban J connectivity index is 0.00000242. The molecule has 0 amide bonds. The minimum absolute atomic E-state index is 0. The molecule has 0 bridgehead atoms. The molecule has 0 fully saturated rings. The summed E-state index contributed by atoms with van der Waals surface area (Å²) in [5.41, 5.74) is 1.71. The lowest BCUT2D eigenvalue weighted by Gasteiger charge is -2.10. The zero-order valence-corrected chi connectivity index (χ0v) is 12.9. The van der Waals surface area contributed by atoms with E-state index in [-0.39, 0.29) is 18.3 Å². The van der Waals surface area contributed by atoms with Gasteiger partial charge in [-0.05, 0) is 23.8 Å². The number of benzene rings is 1. The molecule has 1 aromatic heterocycles. The minimum atomic E-state index is -3.10. The summed E-state index contributed by atoms with van der Waals surface area (Å²) >= 11 is 5.79. The van der Waals surface area contributed by atoms with E-state index in [9.17, 15) is 13.2 Å². The molecule has 0 aliphatic rings. The third-order valence-electron chi connectivity index (χ3n) is 2.74. The van der Waals surface area contributed by atoms with Crippen LogP contribution in [0.15, 0.2) is 30.5 Å². The van der Waals surface area contributed by atoms with Gasteiger partial charge in [-0.25, -0.2) is 9.37 Å². The third-order valence-corrected chi connectivity index (χ3v) is 3.03. The molecule has 2 rings (SSSR count). The second-order valence-corrected chi connectivity index (χ2v) is 4.32. The second kappa shape index (κ2) is 8.10. The molecular formula is C14H12Cl2F3NO2. The molecule has 0 saturated heterocycles. The van der Waals surface area contributed by atoms with Crippen molar-refractivity contribution in [1.82, 2.24) is 4.98 Å². The van der Waals surface area contributed by atoms with Gasteiger partial charge in [0.1, 0.15) is 0 Å². The molecule has 0 atom stereocenters. The maximum absolute atomic E-state index is 13.4. The van der Waals surface area contributed by atoms with Crippen molar-refractivity contribution < 1.29 is 22.6 Å². The molecule has 0 unspecified atom stereocenters. The molecule has 1 aromatic carbocycles. The van der Waals surface area contributed by atoms with E-state index in [0.29, 0.717) is 22.6 Å². The van der Waals surface area contributed by atoms with Crippen molar-refractivity contribution >= 4 is 24.0 Å². The normalized spacial score (nSPS) is 10.3. The fourth-order valence-corrected chi connectivity index (χ4v) is 2.00. The van der Waals surface area contributed by atoms with Crippen molar-refractivity contribution in [2.75, 3.05) is 7.11 Å². The molecular weight excluding hydrogens is 342 g/mol. The van der Waals surface area contributed by atoms with Crippen LogP contribution in [0.25, 0.3) is 11.1 Å². The van der Waals surface area contributed by atoms with Gasteiger partial charge in [-0.2, -0.15) is 8.78 Å². The average molecular weight is 354 g/mol. The zero-order valence-electron chi connectivity index (χ0n) is 11.4. The molecule has 2 aromatic rings. The largest absolute Gasteiger partial charge is 0.481 e. The molecule has 120 valence electrons. The maximum Gasteiger partial charge on any atom is 0.387 e. The first-order valence-electron chi connectivity index (χ1n) is 5.88. The van der Waals surface area contributed by atoms with Gasteiger partial charge in [0.15, 0.2) is 11.6 Å². The van der Waals surface area contributed by atoms with Crippen LogP contribution < -0.4 is 9.47 Å². The molecule has 22 heavy (non-hydrogen) atoms. The Hall–Kier alpha value is -1.66. The van der Waals surface area contributed by atoms with Gasteiger partial charge < -0.3 is 9.47 Å². The highest BCUT2D eigenvalue weighted by molar-refractivity contribution is 6.17. The lowest BCUT2D eigenvalue weighted by Crippen LogP contribution is -2.03. The van der Waals surface area contributed by atoms with Gasteiger partial charge in [-0.15, -0.1) is 24.0 Å². The summed E-state index contributed by atoms with van der Waals surface area (Å²) in [5.74, 6) is -0.838. The van der Waals surface area contributed by atoms with Crippen molar-refractivity contribution in [2.45, 2.75) is 12.5 Å². The maximum atomic E-state index is 13.4. The third kappa shape index (κ3) is 4.18. The number of nitrogens with zero attached hydrogens (tertiary/aromatic N) is 1. The van der Waals surface area contributed by atoms with Gasteiger partial charge in [-0.3, -0.25) is 0 Å². The van der Waals surface area contributed by atoms with Gasteiger partial charge >= 0.3 is 6.61 Å². The molecule has 0 radical (unpaired) electrons. The number of pyridine rings is 1. The van der Waals surface area contributed by atoms with Crippen LogP contribution in [-0.4, -0.2) is 18.7 Å². The molecule has 3 nitrogen and oxygen atoms in total. The van der Waals surface area contributed by atoms with E-state index in [1.807, 2.05) is 0 Å². The highest BCUT2D eigenvalue weighted by Gasteiger charge is 2.13. The Labute approximate surface area is 136 Å². The minimum Gasteiger partial charge on any atom is -0.481 e. The number of aromatic nitrogens is 1. The first-order chi connectivity index (χ1) is 10.0. The first kappa shape index (κ1) is 18.4. The Morgan fingerprint density at radius 1 is 1.23 bits per heavy atom.